The van der Waals surface area contributed by atoms with E-state index in [0.717, 1.165) is 6.42 Å². The summed E-state index contributed by atoms with van der Waals surface area (Å²) < 4.78 is 0. The van der Waals surface area contributed by atoms with E-state index in [4.69, 9.17) is 17.2 Å². The Hall–Kier alpha value is -1.78. The molecule has 1 aliphatic rings. The lowest BCUT2D eigenvalue weighted by Gasteiger charge is -1.98. The van der Waals surface area contributed by atoms with E-state index in [-0.39, 0.29) is 11.9 Å². The largest absolute Gasteiger partial charge is 0.370 e. The van der Waals surface area contributed by atoms with Gasteiger partial charge in [-0.1, -0.05) is 17.7 Å². The molecule has 0 bridgehead atoms. The summed E-state index contributed by atoms with van der Waals surface area (Å²) in [5.74, 6) is 0.0458. The monoisotopic (exact) mass is 193 g/mol. The molecule has 0 spiro atoms. The van der Waals surface area contributed by atoms with Crippen LogP contribution in [0.5, 0.6) is 0 Å². The van der Waals surface area contributed by atoms with Gasteiger partial charge in [-0.25, -0.2) is 4.99 Å². The topological polar surface area (TPSA) is 103 Å². The molecule has 0 atom stereocenters. The van der Waals surface area contributed by atoms with E-state index in [1.807, 2.05) is 6.08 Å². The maximum absolute atomic E-state index is 5.45. The van der Waals surface area contributed by atoms with Crippen LogP contribution < -0.4 is 17.2 Å². The number of hydrogen-bond donors (Lipinski definition) is 3. The predicted molar refractivity (Wildman–Crippen MR) is 58.8 cm³/mol. The number of rotatable bonds is 2. The first-order valence-corrected chi connectivity index (χ1v) is 4.34. The SMILES string of the molecule is CC1=C(CN=C(N)N=C(N)N)C=CC1. The first-order chi connectivity index (χ1) is 6.59. The molecule has 14 heavy (non-hydrogen) atoms. The van der Waals surface area contributed by atoms with E-state index in [1.54, 1.807) is 0 Å². The molecule has 0 saturated carbocycles. The highest BCUT2D eigenvalue weighted by Gasteiger charge is 2.03. The van der Waals surface area contributed by atoms with Gasteiger partial charge in [0.1, 0.15) is 0 Å². The first-order valence-electron chi connectivity index (χ1n) is 4.34. The van der Waals surface area contributed by atoms with Crippen molar-refractivity contribution in [3.05, 3.63) is 23.3 Å². The Morgan fingerprint density at radius 1 is 1.43 bits per heavy atom. The number of aliphatic imine (C=N–C) groups is 2. The predicted octanol–water partition coefficient (Wildman–Crippen LogP) is -0.149. The molecule has 0 amide bonds. The Kier molecular flexibility index (Phi) is 3.28. The summed E-state index contributed by atoms with van der Waals surface area (Å²) in [6, 6.07) is 0. The molecule has 0 aliphatic heterocycles. The maximum Gasteiger partial charge on any atom is 0.218 e. The molecule has 5 nitrogen and oxygen atoms in total. The van der Waals surface area contributed by atoms with E-state index in [2.05, 4.69) is 23.0 Å². The zero-order valence-corrected chi connectivity index (χ0v) is 8.20. The molecule has 0 aromatic carbocycles. The van der Waals surface area contributed by atoms with Crippen LogP contribution in [0.4, 0.5) is 0 Å². The van der Waals surface area contributed by atoms with Gasteiger partial charge in [-0.05, 0) is 18.9 Å². The molecule has 0 unspecified atom stereocenters. The van der Waals surface area contributed by atoms with Gasteiger partial charge in [-0.2, -0.15) is 4.99 Å². The zero-order valence-electron chi connectivity index (χ0n) is 8.20. The summed E-state index contributed by atoms with van der Waals surface area (Å²) in [7, 11) is 0. The third-order valence-electron chi connectivity index (χ3n) is 1.95. The van der Waals surface area contributed by atoms with Gasteiger partial charge in [-0.15, -0.1) is 0 Å². The Labute approximate surface area is 83.1 Å². The molecular weight excluding hydrogens is 178 g/mol. The van der Waals surface area contributed by atoms with Crippen LogP contribution in [0.15, 0.2) is 33.3 Å². The molecule has 0 aromatic rings. The molecule has 0 aromatic heterocycles. The average molecular weight is 193 g/mol. The van der Waals surface area contributed by atoms with Crippen LogP contribution in [0, 0.1) is 0 Å². The van der Waals surface area contributed by atoms with Crippen LogP contribution in [-0.4, -0.2) is 18.5 Å². The molecule has 5 heteroatoms. The molecule has 1 rings (SSSR count). The number of hydrogen-bond acceptors (Lipinski definition) is 1. The lowest BCUT2D eigenvalue weighted by molar-refractivity contribution is 1.11. The molecule has 1 aliphatic carbocycles. The minimum absolute atomic E-state index is 0.0704. The molecule has 0 heterocycles. The van der Waals surface area contributed by atoms with E-state index in [1.165, 1.54) is 11.1 Å². The summed E-state index contributed by atoms with van der Waals surface area (Å²) in [6.45, 7) is 2.60. The fraction of sp³-hybridized carbons (Fsp3) is 0.333. The lowest BCUT2D eigenvalue weighted by Crippen LogP contribution is -2.26. The van der Waals surface area contributed by atoms with Gasteiger partial charge in [-0.3, -0.25) is 0 Å². The van der Waals surface area contributed by atoms with Crippen molar-refractivity contribution in [2.45, 2.75) is 13.3 Å². The van der Waals surface area contributed by atoms with Crippen LogP contribution in [0.25, 0.3) is 0 Å². The van der Waals surface area contributed by atoms with Crippen LogP contribution in [0.2, 0.25) is 0 Å². The Morgan fingerprint density at radius 3 is 2.64 bits per heavy atom. The van der Waals surface area contributed by atoms with Crippen LogP contribution in [-0.2, 0) is 0 Å². The van der Waals surface area contributed by atoms with Gasteiger partial charge < -0.3 is 17.2 Å². The quantitative estimate of drug-likeness (QED) is 0.419. The highest BCUT2D eigenvalue weighted by Crippen LogP contribution is 2.17. The normalized spacial score (nSPS) is 16.2. The first kappa shape index (κ1) is 10.3. The van der Waals surface area contributed by atoms with Crippen molar-refractivity contribution >= 4 is 11.9 Å². The summed E-state index contributed by atoms with van der Waals surface area (Å²) in [4.78, 5) is 7.65. The van der Waals surface area contributed by atoms with Crippen molar-refractivity contribution in [3.8, 4) is 0 Å². The van der Waals surface area contributed by atoms with E-state index < -0.39 is 0 Å². The Morgan fingerprint density at radius 2 is 2.14 bits per heavy atom. The third kappa shape index (κ3) is 2.93. The molecule has 0 saturated heterocycles. The highest BCUT2D eigenvalue weighted by atomic mass is 15.1. The van der Waals surface area contributed by atoms with Crippen molar-refractivity contribution in [1.82, 2.24) is 0 Å². The van der Waals surface area contributed by atoms with Crippen molar-refractivity contribution in [1.29, 1.82) is 0 Å². The number of allylic oxidation sites excluding steroid dienone is 2. The van der Waals surface area contributed by atoms with Gasteiger partial charge in [0.15, 0.2) is 5.96 Å². The van der Waals surface area contributed by atoms with Gasteiger partial charge >= 0.3 is 0 Å². The molecular formula is C9H15N5. The molecule has 0 radical (unpaired) electrons. The number of nitrogens with two attached hydrogens (primary N) is 3. The van der Waals surface area contributed by atoms with Gasteiger partial charge in [0, 0.05) is 0 Å². The summed E-state index contributed by atoms with van der Waals surface area (Å²) in [5, 5.41) is 0. The number of guanidine groups is 2. The zero-order chi connectivity index (χ0) is 10.6. The third-order valence-corrected chi connectivity index (χ3v) is 1.95. The second-order valence-corrected chi connectivity index (χ2v) is 3.12. The van der Waals surface area contributed by atoms with E-state index >= 15 is 0 Å². The van der Waals surface area contributed by atoms with Crippen LogP contribution >= 0.6 is 0 Å². The second-order valence-electron chi connectivity index (χ2n) is 3.12. The summed E-state index contributed by atoms with van der Waals surface area (Å²) >= 11 is 0. The van der Waals surface area contributed by atoms with Gasteiger partial charge in [0.2, 0.25) is 5.96 Å². The average Bonchev–Trinajstić information content (AvgIpc) is 2.46. The van der Waals surface area contributed by atoms with Gasteiger partial charge in [0.05, 0.1) is 6.54 Å². The fourth-order valence-corrected chi connectivity index (χ4v) is 1.17. The fourth-order valence-electron chi connectivity index (χ4n) is 1.17. The summed E-state index contributed by atoms with van der Waals surface area (Å²) in [6.07, 6.45) is 5.13. The van der Waals surface area contributed by atoms with E-state index in [9.17, 15) is 0 Å². The summed E-state index contributed by atoms with van der Waals surface area (Å²) in [5.41, 5.74) is 18.2. The van der Waals surface area contributed by atoms with E-state index in [0.29, 0.717) is 6.54 Å². The maximum atomic E-state index is 5.45. The standard InChI is InChI=1S/C9H15N5/c1-6-3-2-4-7(6)5-13-9(12)14-8(10)11/h2,4H,3,5H2,1H3,(H6,10,11,12,13,14). The minimum Gasteiger partial charge on any atom is -0.370 e. The number of nitrogens with zero attached hydrogens (tertiary/aromatic N) is 2. The smallest absolute Gasteiger partial charge is 0.218 e. The second kappa shape index (κ2) is 4.45. The van der Waals surface area contributed by atoms with Crippen molar-refractivity contribution in [3.63, 3.8) is 0 Å². The Bertz CT molecular complexity index is 331. The van der Waals surface area contributed by atoms with Crippen molar-refractivity contribution < 1.29 is 0 Å². The van der Waals surface area contributed by atoms with Crippen LogP contribution in [0.1, 0.15) is 13.3 Å². The molecule has 76 valence electrons. The van der Waals surface area contributed by atoms with Crippen LogP contribution in [0.3, 0.4) is 0 Å². The minimum atomic E-state index is -0.0704. The Balaban J connectivity index is 2.59. The molecule has 6 N–H and O–H groups in total. The lowest BCUT2D eigenvalue weighted by atomic mass is 10.2. The van der Waals surface area contributed by atoms with Crippen molar-refractivity contribution in [2.24, 2.45) is 27.2 Å². The molecule has 0 fully saturated rings. The van der Waals surface area contributed by atoms with Crippen molar-refractivity contribution in [2.75, 3.05) is 6.54 Å². The highest BCUT2D eigenvalue weighted by molar-refractivity contribution is 5.92. The van der Waals surface area contributed by atoms with Gasteiger partial charge in [0.25, 0.3) is 0 Å².